The minimum atomic E-state index is 0.313. The van der Waals surface area contributed by atoms with Crippen molar-refractivity contribution in [3.8, 4) is 0 Å². The third-order valence-corrected chi connectivity index (χ3v) is 2.80. The SMILES string of the molecule is CC(C)C1=CC2=C(OCCO2)C(C)C=C1. The predicted octanol–water partition coefficient (Wildman–Crippen LogP) is 3.03. The molecule has 1 aliphatic carbocycles. The zero-order valence-corrected chi connectivity index (χ0v) is 9.62. The molecular weight excluding hydrogens is 188 g/mol. The number of ether oxygens (including phenoxy) is 2. The van der Waals surface area contributed by atoms with Crippen molar-refractivity contribution in [2.45, 2.75) is 20.8 Å². The van der Waals surface area contributed by atoms with E-state index in [2.05, 4.69) is 39.0 Å². The van der Waals surface area contributed by atoms with Crippen molar-refractivity contribution in [3.05, 3.63) is 35.3 Å². The Kier molecular flexibility index (Phi) is 2.85. The van der Waals surface area contributed by atoms with Crippen LogP contribution >= 0.6 is 0 Å². The first-order valence-corrected chi connectivity index (χ1v) is 5.58. The van der Waals surface area contributed by atoms with Crippen LogP contribution in [0, 0.1) is 11.8 Å². The second kappa shape index (κ2) is 4.13. The maximum atomic E-state index is 5.66. The van der Waals surface area contributed by atoms with Crippen LogP contribution in [0.25, 0.3) is 0 Å². The average Bonchev–Trinajstić information content (AvgIpc) is 2.39. The minimum Gasteiger partial charge on any atom is -0.490 e. The van der Waals surface area contributed by atoms with Crippen molar-refractivity contribution in [1.82, 2.24) is 0 Å². The Morgan fingerprint density at radius 1 is 1.27 bits per heavy atom. The Bertz CT molecular complexity index is 334. The zero-order chi connectivity index (χ0) is 10.8. The second-order valence-corrected chi connectivity index (χ2v) is 4.37. The quantitative estimate of drug-likeness (QED) is 0.656. The average molecular weight is 206 g/mol. The van der Waals surface area contributed by atoms with E-state index in [1.165, 1.54) is 5.57 Å². The van der Waals surface area contributed by atoms with Gasteiger partial charge in [0.15, 0.2) is 5.76 Å². The summed E-state index contributed by atoms with van der Waals surface area (Å²) in [6.45, 7) is 7.85. The molecule has 0 aromatic carbocycles. The van der Waals surface area contributed by atoms with E-state index < -0.39 is 0 Å². The summed E-state index contributed by atoms with van der Waals surface area (Å²) in [5, 5.41) is 0. The van der Waals surface area contributed by atoms with Crippen LogP contribution in [-0.4, -0.2) is 13.2 Å². The fourth-order valence-electron chi connectivity index (χ4n) is 1.82. The molecule has 0 N–H and O–H groups in total. The third kappa shape index (κ3) is 2.09. The summed E-state index contributed by atoms with van der Waals surface area (Å²) >= 11 is 0. The molecule has 0 aromatic heterocycles. The molecule has 0 aromatic rings. The van der Waals surface area contributed by atoms with Gasteiger partial charge in [-0.1, -0.05) is 32.9 Å². The van der Waals surface area contributed by atoms with E-state index in [4.69, 9.17) is 9.47 Å². The third-order valence-electron chi connectivity index (χ3n) is 2.80. The van der Waals surface area contributed by atoms with Crippen LogP contribution in [0.3, 0.4) is 0 Å². The van der Waals surface area contributed by atoms with Crippen LogP contribution in [0.5, 0.6) is 0 Å². The number of hydrogen-bond acceptors (Lipinski definition) is 2. The highest BCUT2D eigenvalue weighted by Gasteiger charge is 2.21. The summed E-state index contributed by atoms with van der Waals surface area (Å²) in [4.78, 5) is 0. The van der Waals surface area contributed by atoms with E-state index in [9.17, 15) is 0 Å². The topological polar surface area (TPSA) is 18.5 Å². The van der Waals surface area contributed by atoms with Gasteiger partial charge in [0.25, 0.3) is 0 Å². The van der Waals surface area contributed by atoms with Gasteiger partial charge < -0.3 is 9.47 Å². The van der Waals surface area contributed by atoms with Gasteiger partial charge in [-0.3, -0.25) is 0 Å². The van der Waals surface area contributed by atoms with Crippen molar-refractivity contribution < 1.29 is 9.47 Å². The van der Waals surface area contributed by atoms with Crippen molar-refractivity contribution in [1.29, 1.82) is 0 Å². The van der Waals surface area contributed by atoms with Gasteiger partial charge in [0.05, 0.1) is 0 Å². The molecule has 82 valence electrons. The smallest absolute Gasteiger partial charge is 0.157 e. The molecule has 0 saturated heterocycles. The number of hydrogen-bond donors (Lipinski definition) is 0. The molecule has 0 amide bonds. The Balaban J connectivity index is 2.37. The Labute approximate surface area is 91.3 Å². The number of allylic oxidation sites excluding steroid dienone is 4. The van der Waals surface area contributed by atoms with Gasteiger partial charge in [-0.05, 0) is 17.6 Å². The predicted molar refractivity (Wildman–Crippen MR) is 60.2 cm³/mol. The lowest BCUT2D eigenvalue weighted by Gasteiger charge is -2.22. The van der Waals surface area contributed by atoms with E-state index in [1.807, 2.05) is 0 Å². The van der Waals surface area contributed by atoms with Crippen LogP contribution in [0.4, 0.5) is 0 Å². The molecule has 2 aliphatic rings. The van der Waals surface area contributed by atoms with Crippen molar-refractivity contribution >= 4 is 0 Å². The monoisotopic (exact) mass is 206 g/mol. The van der Waals surface area contributed by atoms with E-state index in [0.29, 0.717) is 25.0 Å². The van der Waals surface area contributed by atoms with Gasteiger partial charge >= 0.3 is 0 Å². The van der Waals surface area contributed by atoms with E-state index >= 15 is 0 Å². The van der Waals surface area contributed by atoms with Gasteiger partial charge in [0.1, 0.15) is 19.0 Å². The standard InChI is InChI=1S/C13H18O2/c1-9(2)11-5-4-10(3)13-12(8-11)14-6-7-15-13/h4-5,8-10H,6-7H2,1-3H3. The van der Waals surface area contributed by atoms with Crippen molar-refractivity contribution in [3.63, 3.8) is 0 Å². The van der Waals surface area contributed by atoms with Crippen LogP contribution in [-0.2, 0) is 9.47 Å². The van der Waals surface area contributed by atoms with Crippen molar-refractivity contribution in [2.24, 2.45) is 11.8 Å². The maximum Gasteiger partial charge on any atom is 0.157 e. The largest absolute Gasteiger partial charge is 0.490 e. The molecule has 1 unspecified atom stereocenters. The van der Waals surface area contributed by atoms with Crippen LogP contribution in [0.1, 0.15) is 20.8 Å². The molecule has 0 spiro atoms. The van der Waals surface area contributed by atoms with Crippen LogP contribution in [0.15, 0.2) is 35.3 Å². The van der Waals surface area contributed by atoms with Crippen molar-refractivity contribution in [2.75, 3.05) is 13.2 Å². The fourth-order valence-corrected chi connectivity index (χ4v) is 1.82. The highest BCUT2D eigenvalue weighted by Crippen LogP contribution is 2.29. The molecule has 1 heterocycles. The van der Waals surface area contributed by atoms with E-state index in [0.717, 1.165) is 11.5 Å². The van der Waals surface area contributed by atoms with Gasteiger partial charge in [-0.15, -0.1) is 0 Å². The molecule has 0 fully saturated rings. The highest BCUT2D eigenvalue weighted by molar-refractivity contribution is 5.35. The van der Waals surface area contributed by atoms with E-state index in [-0.39, 0.29) is 0 Å². The molecule has 2 nitrogen and oxygen atoms in total. The normalized spacial score (nSPS) is 25.3. The lowest BCUT2D eigenvalue weighted by molar-refractivity contribution is 0.0587. The summed E-state index contributed by atoms with van der Waals surface area (Å²) in [5.74, 6) is 2.73. The molecule has 1 aliphatic heterocycles. The molecule has 15 heavy (non-hydrogen) atoms. The molecular formula is C13H18O2. The lowest BCUT2D eigenvalue weighted by Crippen LogP contribution is -2.16. The molecule has 0 bridgehead atoms. The second-order valence-electron chi connectivity index (χ2n) is 4.37. The molecule has 2 heteroatoms. The first-order chi connectivity index (χ1) is 7.18. The summed E-state index contributed by atoms with van der Waals surface area (Å²) in [5.41, 5.74) is 1.30. The Morgan fingerprint density at radius 2 is 2.00 bits per heavy atom. The summed E-state index contributed by atoms with van der Waals surface area (Å²) in [6, 6.07) is 0. The summed E-state index contributed by atoms with van der Waals surface area (Å²) < 4.78 is 11.3. The lowest BCUT2D eigenvalue weighted by atomic mass is 10.0. The summed E-state index contributed by atoms with van der Waals surface area (Å²) in [7, 11) is 0. The van der Waals surface area contributed by atoms with Gasteiger partial charge in [0.2, 0.25) is 0 Å². The Hall–Kier alpha value is -1.18. The zero-order valence-electron chi connectivity index (χ0n) is 9.62. The van der Waals surface area contributed by atoms with Crippen LogP contribution < -0.4 is 0 Å². The fraction of sp³-hybridized carbons (Fsp3) is 0.538. The highest BCUT2D eigenvalue weighted by atomic mass is 16.6. The first-order valence-electron chi connectivity index (χ1n) is 5.58. The van der Waals surface area contributed by atoms with Crippen LogP contribution in [0.2, 0.25) is 0 Å². The van der Waals surface area contributed by atoms with E-state index in [1.54, 1.807) is 0 Å². The molecule has 0 radical (unpaired) electrons. The molecule has 0 saturated carbocycles. The minimum absolute atomic E-state index is 0.313. The first kappa shape index (κ1) is 10.3. The maximum absolute atomic E-state index is 5.66. The molecule has 1 atom stereocenters. The van der Waals surface area contributed by atoms with Gasteiger partial charge in [-0.25, -0.2) is 0 Å². The summed E-state index contributed by atoms with van der Waals surface area (Å²) in [6.07, 6.45) is 6.47. The van der Waals surface area contributed by atoms with Gasteiger partial charge in [0, 0.05) is 5.92 Å². The molecule has 2 rings (SSSR count). The Morgan fingerprint density at radius 3 is 2.73 bits per heavy atom. The van der Waals surface area contributed by atoms with Gasteiger partial charge in [-0.2, -0.15) is 0 Å². The number of rotatable bonds is 1.